The SMILES string of the molecule is C[C@@H](CCC(=O)O)[C@H]1CC[C@H]2[C@@H]3C(=O)C[C@@H]4C[C@@H](O)CC[C@]4(C)[C@H]3CC[C@]12C. The zero-order valence-corrected chi connectivity index (χ0v) is 17.8. The number of carbonyl (C=O) groups excluding carboxylic acids is 1. The highest BCUT2D eigenvalue weighted by molar-refractivity contribution is 5.83. The van der Waals surface area contributed by atoms with E-state index in [4.69, 9.17) is 5.11 Å². The Labute approximate surface area is 169 Å². The minimum atomic E-state index is -0.698. The lowest BCUT2D eigenvalue weighted by Gasteiger charge is -2.60. The van der Waals surface area contributed by atoms with Crippen molar-refractivity contribution >= 4 is 11.8 Å². The summed E-state index contributed by atoms with van der Waals surface area (Å²) in [5, 5.41) is 19.3. The predicted molar refractivity (Wildman–Crippen MR) is 108 cm³/mol. The third-order valence-corrected chi connectivity index (χ3v) is 10.0. The van der Waals surface area contributed by atoms with Gasteiger partial charge < -0.3 is 10.2 Å². The molecule has 0 amide bonds. The van der Waals surface area contributed by atoms with Gasteiger partial charge >= 0.3 is 5.97 Å². The first-order valence-electron chi connectivity index (χ1n) is 11.6. The van der Waals surface area contributed by atoms with E-state index >= 15 is 0 Å². The molecule has 4 fully saturated rings. The third-order valence-electron chi connectivity index (χ3n) is 10.0. The fourth-order valence-electron chi connectivity index (χ4n) is 8.44. The molecule has 0 aromatic heterocycles. The van der Waals surface area contributed by atoms with Crippen LogP contribution in [0.3, 0.4) is 0 Å². The Morgan fingerprint density at radius 2 is 1.79 bits per heavy atom. The monoisotopic (exact) mass is 390 g/mol. The van der Waals surface area contributed by atoms with E-state index in [1.807, 2.05) is 0 Å². The van der Waals surface area contributed by atoms with E-state index in [-0.39, 0.29) is 29.3 Å². The van der Waals surface area contributed by atoms with Crippen LogP contribution in [0.4, 0.5) is 0 Å². The third kappa shape index (κ3) is 3.05. The molecule has 2 N–H and O–H groups in total. The molecule has 4 aliphatic carbocycles. The molecule has 0 radical (unpaired) electrons. The van der Waals surface area contributed by atoms with Crippen LogP contribution in [-0.4, -0.2) is 28.1 Å². The second kappa shape index (κ2) is 7.11. The molecule has 0 aromatic carbocycles. The van der Waals surface area contributed by atoms with Crippen molar-refractivity contribution in [3.05, 3.63) is 0 Å². The highest BCUT2D eigenvalue weighted by Gasteiger charge is 2.62. The number of hydrogen-bond donors (Lipinski definition) is 2. The van der Waals surface area contributed by atoms with Crippen molar-refractivity contribution in [2.75, 3.05) is 0 Å². The maximum atomic E-state index is 13.3. The molecule has 158 valence electrons. The van der Waals surface area contributed by atoms with Gasteiger partial charge in [-0.3, -0.25) is 9.59 Å². The lowest BCUT2D eigenvalue weighted by molar-refractivity contribution is -0.160. The lowest BCUT2D eigenvalue weighted by atomic mass is 9.44. The number of aliphatic hydroxyl groups is 1. The Morgan fingerprint density at radius 1 is 1.11 bits per heavy atom. The van der Waals surface area contributed by atoms with Crippen molar-refractivity contribution in [3.63, 3.8) is 0 Å². The number of carbonyl (C=O) groups is 2. The minimum absolute atomic E-state index is 0.187. The standard InChI is InChI=1S/C24H38O4/c1-14(4-7-21(27)28)17-5-6-18-22-19(9-11-24(17,18)3)23(2)10-8-16(25)12-15(23)13-20(22)26/h14-19,22,25H,4-13H2,1-3H3,(H,27,28)/t14-,15-,16-,17+,18-,19-,22-,23-,24+/m0/s1. The number of ketones is 1. The number of aliphatic carboxylic acids is 1. The topological polar surface area (TPSA) is 74.6 Å². The summed E-state index contributed by atoms with van der Waals surface area (Å²) in [4.78, 5) is 24.4. The van der Waals surface area contributed by atoms with E-state index < -0.39 is 5.97 Å². The molecule has 0 unspecified atom stereocenters. The summed E-state index contributed by atoms with van der Waals surface area (Å²) < 4.78 is 0. The Morgan fingerprint density at radius 3 is 2.50 bits per heavy atom. The summed E-state index contributed by atoms with van der Waals surface area (Å²) in [5.74, 6) is 2.25. The molecule has 0 saturated heterocycles. The molecule has 28 heavy (non-hydrogen) atoms. The molecule has 0 spiro atoms. The van der Waals surface area contributed by atoms with Crippen molar-refractivity contribution in [1.29, 1.82) is 0 Å². The fraction of sp³-hybridized carbons (Fsp3) is 0.917. The summed E-state index contributed by atoms with van der Waals surface area (Å²) in [6, 6.07) is 0. The number of Topliss-reactive ketones (excluding diaryl/α,β-unsaturated/α-hetero) is 1. The van der Waals surface area contributed by atoms with E-state index in [1.54, 1.807) is 0 Å². The van der Waals surface area contributed by atoms with Gasteiger partial charge in [-0.2, -0.15) is 0 Å². The average molecular weight is 391 g/mol. The summed E-state index contributed by atoms with van der Waals surface area (Å²) in [6.45, 7) is 7.06. The van der Waals surface area contributed by atoms with Crippen LogP contribution in [0.25, 0.3) is 0 Å². The Hall–Kier alpha value is -0.900. The molecule has 4 saturated carbocycles. The first-order chi connectivity index (χ1) is 13.2. The van der Waals surface area contributed by atoms with E-state index in [2.05, 4.69) is 20.8 Å². The molecule has 4 rings (SSSR count). The van der Waals surface area contributed by atoms with Gasteiger partial charge in [-0.15, -0.1) is 0 Å². The van der Waals surface area contributed by atoms with E-state index in [1.165, 1.54) is 6.42 Å². The van der Waals surface area contributed by atoms with Crippen LogP contribution in [0.5, 0.6) is 0 Å². The Kier molecular flexibility index (Phi) is 5.17. The van der Waals surface area contributed by atoms with Crippen LogP contribution >= 0.6 is 0 Å². The van der Waals surface area contributed by atoms with Gasteiger partial charge in [-0.25, -0.2) is 0 Å². The molecular formula is C24H38O4. The molecule has 4 nitrogen and oxygen atoms in total. The van der Waals surface area contributed by atoms with E-state index in [0.29, 0.717) is 41.8 Å². The van der Waals surface area contributed by atoms with Crippen LogP contribution in [0.1, 0.15) is 85.0 Å². The zero-order chi connectivity index (χ0) is 20.3. The van der Waals surface area contributed by atoms with E-state index in [9.17, 15) is 14.7 Å². The molecule has 9 atom stereocenters. The summed E-state index contributed by atoms with van der Waals surface area (Å²) in [5.41, 5.74) is 0.401. The molecule has 4 aliphatic rings. The molecule has 0 aliphatic heterocycles. The summed E-state index contributed by atoms with van der Waals surface area (Å²) in [6.07, 6.45) is 8.81. The number of aliphatic hydroxyl groups excluding tert-OH is 1. The molecular weight excluding hydrogens is 352 g/mol. The zero-order valence-electron chi connectivity index (χ0n) is 17.8. The van der Waals surface area contributed by atoms with Gasteiger partial charge in [0.25, 0.3) is 0 Å². The number of carboxylic acids is 1. The maximum Gasteiger partial charge on any atom is 0.303 e. The van der Waals surface area contributed by atoms with Gasteiger partial charge in [-0.05, 0) is 91.8 Å². The van der Waals surface area contributed by atoms with Gasteiger partial charge in [0.05, 0.1) is 6.10 Å². The average Bonchev–Trinajstić information content (AvgIpc) is 2.98. The van der Waals surface area contributed by atoms with E-state index in [0.717, 1.165) is 44.9 Å². The van der Waals surface area contributed by atoms with Gasteiger partial charge in [0, 0.05) is 18.8 Å². The van der Waals surface area contributed by atoms with Crippen molar-refractivity contribution in [2.45, 2.75) is 91.1 Å². The lowest BCUT2D eigenvalue weighted by Crippen LogP contribution is -2.57. The van der Waals surface area contributed by atoms with Gasteiger partial charge in [0.1, 0.15) is 5.78 Å². The highest BCUT2D eigenvalue weighted by Crippen LogP contribution is 2.67. The Balaban J connectivity index is 1.56. The van der Waals surface area contributed by atoms with Gasteiger partial charge in [-0.1, -0.05) is 20.8 Å². The molecule has 0 bridgehead atoms. The van der Waals surface area contributed by atoms with Crippen LogP contribution in [-0.2, 0) is 9.59 Å². The first kappa shape index (κ1) is 20.4. The molecule has 0 heterocycles. The van der Waals surface area contributed by atoms with Gasteiger partial charge in [0.2, 0.25) is 0 Å². The normalized spacial score (nSPS) is 49.1. The summed E-state index contributed by atoms with van der Waals surface area (Å²) in [7, 11) is 0. The second-order valence-electron chi connectivity index (χ2n) is 11.2. The van der Waals surface area contributed by atoms with Crippen LogP contribution < -0.4 is 0 Å². The van der Waals surface area contributed by atoms with Crippen molar-refractivity contribution in [2.24, 2.45) is 46.3 Å². The smallest absolute Gasteiger partial charge is 0.303 e. The van der Waals surface area contributed by atoms with Crippen molar-refractivity contribution in [3.8, 4) is 0 Å². The minimum Gasteiger partial charge on any atom is -0.481 e. The van der Waals surface area contributed by atoms with Crippen LogP contribution in [0, 0.1) is 46.3 Å². The first-order valence-corrected chi connectivity index (χ1v) is 11.6. The predicted octanol–water partition coefficient (Wildman–Crippen LogP) is 4.69. The number of carboxylic acid groups (broad SMARTS) is 1. The maximum absolute atomic E-state index is 13.3. The van der Waals surface area contributed by atoms with Crippen molar-refractivity contribution in [1.82, 2.24) is 0 Å². The molecule has 0 aromatic rings. The number of hydrogen-bond acceptors (Lipinski definition) is 3. The van der Waals surface area contributed by atoms with Crippen LogP contribution in [0.15, 0.2) is 0 Å². The Bertz CT molecular complexity index is 645. The number of rotatable bonds is 4. The molecule has 4 heteroatoms. The van der Waals surface area contributed by atoms with Gasteiger partial charge in [0.15, 0.2) is 0 Å². The second-order valence-corrected chi connectivity index (χ2v) is 11.2. The summed E-state index contributed by atoms with van der Waals surface area (Å²) >= 11 is 0. The number of fused-ring (bicyclic) bond motifs is 5. The van der Waals surface area contributed by atoms with Crippen molar-refractivity contribution < 1.29 is 19.8 Å². The highest BCUT2D eigenvalue weighted by atomic mass is 16.4. The quantitative estimate of drug-likeness (QED) is 0.730. The largest absolute Gasteiger partial charge is 0.481 e. The fourth-order valence-corrected chi connectivity index (χ4v) is 8.44. The van der Waals surface area contributed by atoms with Crippen LogP contribution in [0.2, 0.25) is 0 Å².